The number of hydrogen-bond donors (Lipinski definition) is 4. The molecule has 2 aromatic rings. The van der Waals surface area contributed by atoms with Gasteiger partial charge in [-0.1, -0.05) is 43.6 Å². The minimum Gasteiger partial charge on any atom is -0.488 e. The Morgan fingerprint density at radius 3 is 1.98 bits per heavy atom. The molecule has 0 bridgehead atoms. The molecule has 2 saturated heterocycles. The number of aliphatic hydroxyl groups is 4. The van der Waals surface area contributed by atoms with Crippen LogP contribution in [0, 0.1) is 45.6 Å². The second-order valence-electron chi connectivity index (χ2n) is 12.1. The maximum Gasteiger partial charge on any atom is 0.303 e. The van der Waals surface area contributed by atoms with Crippen LogP contribution in [0.2, 0.25) is 0 Å². The molecule has 2 aliphatic heterocycles. The van der Waals surface area contributed by atoms with Gasteiger partial charge < -0.3 is 48.8 Å². The molecule has 0 aliphatic carbocycles. The fourth-order valence-electron chi connectivity index (χ4n) is 5.45. The van der Waals surface area contributed by atoms with Crippen LogP contribution >= 0.6 is 15.9 Å². The van der Waals surface area contributed by atoms with Gasteiger partial charge in [0.2, 0.25) is 12.6 Å². The summed E-state index contributed by atoms with van der Waals surface area (Å²) in [4.78, 5) is 22.8. The number of carbonyl (C=O) groups is 2. The first kappa shape index (κ1) is 42.5. The molecule has 0 spiro atoms. The van der Waals surface area contributed by atoms with Crippen molar-refractivity contribution in [3.8, 4) is 11.5 Å². The number of benzene rings is 2. The molecule has 2 heterocycles. The first-order chi connectivity index (χ1) is 22.0. The van der Waals surface area contributed by atoms with Crippen LogP contribution in [0.15, 0.2) is 28.7 Å². The second kappa shape index (κ2) is 19.1. The second-order valence-corrected chi connectivity index (χ2v) is 13.0. The van der Waals surface area contributed by atoms with E-state index in [0.29, 0.717) is 11.5 Å². The topological polar surface area (TPSA) is 170 Å². The normalized spacial score (nSPS) is 29.8. The van der Waals surface area contributed by atoms with Gasteiger partial charge >= 0.3 is 11.9 Å². The third-order valence-electron chi connectivity index (χ3n) is 8.24. The third kappa shape index (κ3) is 11.2. The molecule has 2 aliphatic rings. The zero-order valence-corrected chi connectivity index (χ0v) is 32.9. The van der Waals surface area contributed by atoms with Gasteiger partial charge in [-0.3, -0.25) is 9.59 Å². The van der Waals surface area contributed by atoms with Crippen molar-refractivity contribution in [1.82, 2.24) is 0 Å². The van der Waals surface area contributed by atoms with Gasteiger partial charge in [0.05, 0.1) is 12.7 Å². The van der Waals surface area contributed by atoms with Crippen LogP contribution in [0.3, 0.4) is 0 Å². The molecule has 2 aromatic carbocycles. The predicted octanol–water partition coefficient (Wildman–Crippen LogP) is 3.22. The maximum atomic E-state index is 11.6. The van der Waals surface area contributed by atoms with E-state index in [-0.39, 0.29) is 69.2 Å². The molecule has 12 nitrogen and oxygen atoms in total. The Hall–Kier alpha value is -1.68. The van der Waals surface area contributed by atoms with E-state index >= 15 is 0 Å². The van der Waals surface area contributed by atoms with Crippen molar-refractivity contribution in [3.63, 3.8) is 0 Å². The zero-order valence-electron chi connectivity index (χ0n) is 28.5. The van der Waals surface area contributed by atoms with E-state index in [2.05, 4.69) is 22.0 Å². The minimum atomic E-state index is -1.45. The van der Waals surface area contributed by atoms with Gasteiger partial charge in [0.1, 0.15) is 36.8 Å². The summed E-state index contributed by atoms with van der Waals surface area (Å²) in [6, 6.07) is 10.4. The monoisotopic (exact) mass is 814 g/mol. The van der Waals surface area contributed by atoms with E-state index in [1.807, 2.05) is 59.7 Å². The molecule has 0 amide bonds. The number of aryl methyl sites for hydroxylation is 4. The molecule has 1 radical (unpaired) electrons. The molecule has 10 atom stereocenters. The first-order valence-corrected chi connectivity index (χ1v) is 16.2. The van der Waals surface area contributed by atoms with Crippen molar-refractivity contribution >= 4 is 27.9 Å². The Labute approximate surface area is 315 Å². The van der Waals surface area contributed by atoms with Crippen LogP contribution in [0.5, 0.6) is 11.5 Å². The van der Waals surface area contributed by atoms with Crippen LogP contribution < -0.4 is 9.47 Å². The van der Waals surface area contributed by atoms with Crippen molar-refractivity contribution in [2.45, 2.75) is 105 Å². The van der Waals surface area contributed by atoms with Gasteiger partial charge in [0, 0.05) is 62.7 Å². The van der Waals surface area contributed by atoms with Gasteiger partial charge in [-0.05, 0) is 43.0 Å². The Morgan fingerprint density at radius 2 is 1.44 bits per heavy atom. The van der Waals surface area contributed by atoms with Gasteiger partial charge in [-0.15, -0.1) is 11.6 Å². The van der Waals surface area contributed by atoms with E-state index in [9.17, 15) is 24.9 Å². The number of aliphatic hydroxyl groups excluding tert-OH is 4. The molecule has 14 heteroatoms. The molecule has 4 N–H and O–H groups in total. The average molecular weight is 816 g/mol. The molecular weight excluding hydrogens is 769 g/mol. The summed E-state index contributed by atoms with van der Waals surface area (Å²) in [5.41, 5.74) is 3.70. The Bertz CT molecular complexity index is 1350. The van der Waals surface area contributed by atoms with Crippen LogP contribution in [-0.2, 0) is 61.2 Å². The fraction of sp³-hybridized carbons (Fsp3) is 0.588. The van der Waals surface area contributed by atoms with E-state index in [0.717, 1.165) is 26.7 Å². The van der Waals surface area contributed by atoms with Crippen LogP contribution in [-0.4, -0.2) is 94.8 Å². The molecule has 0 aromatic heterocycles. The average Bonchev–Trinajstić information content (AvgIpc) is 2.99. The summed E-state index contributed by atoms with van der Waals surface area (Å²) in [6.07, 6.45) is -8.12. The Balaban J connectivity index is 0.000000340. The molecule has 2 fully saturated rings. The van der Waals surface area contributed by atoms with Crippen molar-refractivity contribution in [2.75, 3.05) is 13.2 Å². The number of ether oxygens (including phenoxy) is 6. The van der Waals surface area contributed by atoms with E-state index in [1.165, 1.54) is 13.8 Å². The van der Waals surface area contributed by atoms with Crippen molar-refractivity contribution in [2.24, 2.45) is 11.8 Å². The fourth-order valence-corrected chi connectivity index (χ4v) is 6.14. The number of esters is 2. The van der Waals surface area contributed by atoms with Crippen LogP contribution in [0.25, 0.3) is 0 Å². The van der Waals surface area contributed by atoms with E-state index in [4.69, 9.17) is 33.5 Å². The SMILES string of the molecule is CC(=O)OCC1O[C@H](Oc2c(C)cc(Br)cc2C)C(OC(C)=O)[C@@H](C)[C@@H]1C.Cc1c[c-]c(O[C@H]2OC(CO)[C@@H](O)[C@H](O)C2O)c(C)c1.[Y]. The van der Waals surface area contributed by atoms with Crippen molar-refractivity contribution < 1.29 is 91.1 Å². The quantitative estimate of drug-likeness (QED) is 0.227. The third-order valence-corrected chi connectivity index (χ3v) is 8.70. The summed E-state index contributed by atoms with van der Waals surface area (Å²) in [5.74, 6) is 0.301. The van der Waals surface area contributed by atoms with Crippen LogP contribution in [0.1, 0.15) is 49.9 Å². The summed E-state index contributed by atoms with van der Waals surface area (Å²) < 4.78 is 34.7. The Morgan fingerprint density at radius 1 is 0.833 bits per heavy atom. The van der Waals surface area contributed by atoms with Crippen LogP contribution in [0.4, 0.5) is 0 Å². The van der Waals surface area contributed by atoms with Gasteiger partial charge in [-0.2, -0.15) is 17.7 Å². The molecule has 265 valence electrons. The molecule has 4 rings (SSSR count). The number of halogens is 1. The smallest absolute Gasteiger partial charge is 0.303 e. The number of hydrogen-bond acceptors (Lipinski definition) is 12. The summed E-state index contributed by atoms with van der Waals surface area (Å²) in [5, 5.41) is 38.3. The van der Waals surface area contributed by atoms with E-state index < -0.39 is 49.7 Å². The largest absolute Gasteiger partial charge is 0.488 e. The molecular formula is C34H46BrO12Y-. The van der Waals surface area contributed by atoms with Gasteiger partial charge in [-0.25, -0.2) is 0 Å². The molecule has 0 saturated carbocycles. The standard InChI is InChI=1S/C20H27BrO6.C14H19O6.Y/c1-10-7-16(21)8-11(2)18(10)27-20-19(25-15(6)23)13(4)12(3)17(26-20)9-24-14(5)22;1-7-3-4-9(8(2)5-7)19-14-13(18)12(17)11(16)10(6-15)20-14;/h7-8,12-13,17,19-20H,9H2,1-6H3;3,5,10-18H,6H2,1-2H3;/q;-1;/t12-,13-,17?,19?,20+;10?,11-,12+,13?,14+;/m01./s1. The predicted molar refractivity (Wildman–Crippen MR) is 173 cm³/mol. The number of rotatable bonds is 8. The van der Waals surface area contributed by atoms with Gasteiger partial charge in [0.25, 0.3) is 0 Å². The number of carbonyl (C=O) groups excluding carboxylic acids is 2. The maximum absolute atomic E-state index is 11.6. The summed E-state index contributed by atoms with van der Waals surface area (Å²) in [7, 11) is 0. The molecule has 48 heavy (non-hydrogen) atoms. The van der Waals surface area contributed by atoms with E-state index in [1.54, 1.807) is 6.07 Å². The van der Waals surface area contributed by atoms with Crippen molar-refractivity contribution in [1.29, 1.82) is 0 Å². The van der Waals surface area contributed by atoms with Crippen molar-refractivity contribution in [3.05, 3.63) is 57.1 Å². The van der Waals surface area contributed by atoms with Gasteiger partial charge in [0.15, 0.2) is 6.10 Å². The molecule has 4 unspecified atom stereocenters. The Kier molecular flexibility index (Phi) is 16.9. The summed E-state index contributed by atoms with van der Waals surface area (Å²) >= 11 is 3.47. The summed E-state index contributed by atoms with van der Waals surface area (Å²) in [6.45, 7) is 14.0. The minimum absolute atomic E-state index is 0. The zero-order chi connectivity index (χ0) is 35.2. The first-order valence-electron chi connectivity index (χ1n) is 15.4.